The van der Waals surface area contributed by atoms with Gasteiger partial charge in [-0.15, -0.1) is 0 Å². The molecule has 0 heterocycles. The van der Waals surface area contributed by atoms with Gasteiger partial charge in [0.1, 0.15) is 29.3 Å². The number of nitriles is 3. The second-order valence-electron chi connectivity index (χ2n) is 10.4. The summed E-state index contributed by atoms with van der Waals surface area (Å²) in [6.45, 7) is 0. The Balaban J connectivity index is 1.42. The highest BCUT2D eigenvalue weighted by Crippen LogP contribution is 2.54. The standard InChI is InChI=1S/C37H19F2N3/c38-26-7-1-21(2-8-26)23-5-11-28-31(15-23)30(13-14-40)32-17-34-29-12-6-24(22-3-9-27(39)10-4-22)16-35(29)37(25(19-41)20-42)36(34)18-33(28)32/h1-12,15-18,30H,13H2. The lowest BCUT2D eigenvalue weighted by molar-refractivity contribution is 0.627. The van der Waals surface area contributed by atoms with E-state index >= 15 is 0 Å². The lowest BCUT2D eigenvalue weighted by Crippen LogP contribution is -1.96. The number of nitrogens with zero attached hydrogens (tertiary/aromatic N) is 3. The number of benzene rings is 5. The molecule has 5 aromatic rings. The van der Waals surface area contributed by atoms with Gasteiger partial charge in [-0.2, -0.15) is 15.8 Å². The normalized spacial score (nSPS) is 13.7. The summed E-state index contributed by atoms with van der Waals surface area (Å²) in [5.74, 6) is -0.782. The van der Waals surface area contributed by atoms with Crippen LogP contribution in [0, 0.1) is 45.6 Å². The maximum Gasteiger partial charge on any atom is 0.138 e. The first-order chi connectivity index (χ1) is 20.5. The van der Waals surface area contributed by atoms with Crippen molar-refractivity contribution < 1.29 is 8.78 Å². The van der Waals surface area contributed by atoms with Crippen molar-refractivity contribution in [2.45, 2.75) is 12.3 Å². The van der Waals surface area contributed by atoms with Crippen molar-refractivity contribution >= 4 is 5.57 Å². The van der Waals surface area contributed by atoms with Gasteiger partial charge in [0, 0.05) is 17.9 Å². The Morgan fingerprint density at radius 3 is 1.64 bits per heavy atom. The first-order valence-corrected chi connectivity index (χ1v) is 13.4. The van der Waals surface area contributed by atoms with Crippen LogP contribution in [-0.4, -0.2) is 0 Å². The van der Waals surface area contributed by atoms with Crippen LogP contribution >= 0.6 is 0 Å². The second kappa shape index (κ2) is 9.67. The molecule has 0 amide bonds. The molecule has 1 unspecified atom stereocenters. The summed E-state index contributed by atoms with van der Waals surface area (Å²) >= 11 is 0. The Labute approximate surface area is 241 Å². The molecule has 2 aliphatic carbocycles. The minimum absolute atomic E-state index is 0.0182. The number of hydrogen-bond donors (Lipinski definition) is 0. The zero-order valence-corrected chi connectivity index (χ0v) is 22.1. The molecule has 0 bridgehead atoms. The highest BCUT2D eigenvalue weighted by Gasteiger charge is 2.34. The number of allylic oxidation sites excluding steroid dienone is 1. The van der Waals surface area contributed by atoms with Gasteiger partial charge in [0.15, 0.2) is 0 Å². The van der Waals surface area contributed by atoms with Crippen LogP contribution in [0.2, 0.25) is 0 Å². The molecule has 7 rings (SSSR count). The van der Waals surface area contributed by atoms with Gasteiger partial charge in [0.25, 0.3) is 0 Å². The maximum absolute atomic E-state index is 13.6. The Hall–Kier alpha value is -5.83. The number of rotatable bonds is 3. The van der Waals surface area contributed by atoms with Gasteiger partial charge >= 0.3 is 0 Å². The molecule has 0 aliphatic heterocycles. The van der Waals surface area contributed by atoms with Crippen molar-refractivity contribution in [3.63, 3.8) is 0 Å². The largest absolute Gasteiger partial charge is 0.207 e. The van der Waals surface area contributed by atoms with Crippen LogP contribution in [0.4, 0.5) is 8.78 Å². The number of hydrogen-bond acceptors (Lipinski definition) is 3. The molecule has 5 heteroatoms. The zero-order chi connectivity index (χ0) is 29.0. The second-order valence-corrected chi connectivity index (χ2v) is 10.4. The lowest BCUT2D eigenvalue weighted by Gasteiger charge is -2.12. The minimum atomic E-state index is -0.323. The molecule has 0 saturated carbocycles. The number of halogens is 2. The Morgan fingerprint density at radius 2 is 1.05 bits per heavy atom. The monoisotopic (exact) mass is 543 g/mol. The average molecular weight is 544 g/mol. The van der Waals surface area contributed by atoms with Crippen molar-refractivity contribution in [2.75, 3.05) is 0 Å². The summed E-state index contributed by atoms with van der Waals surface area (Å²) in [7, 11) is 0. The molecule has 3 nitrogen and oxygen atoms in total. The minimum Gasteiger partial charge on any atom is -0.207 e. The van der Waals surface area contributed by atoms with E-state index in [1.54, 1.807) is 24.3 Å². The predicted octanol–water partition coefficient (Wildman–Crippen LogP) is 9.15. The first-order valence-electron chi connectivity index (χ1n) is 13.4. The highest BCUT2D eigenvalue weighted by molar-refractivity contribution is 6.06. The van der Waals surface area contributed by atoms with E-state index in [1.165, 1.54) is 24.3 Å². The Morgan fingerprint density at radius 1 is 0.524 bits per heavy atom. The van der Waals surface area contributed by atoms with Crippen molar-refractivity contribution in [3.05, 3.63) is 137 Å². The van der Waals surface area contributed by atoms with Gasteiger partial charge < -0.3 is 0 Å². The third-order valence-electron chi connectivity index (χ3n) is 8.25. The van der Waals surface area contributed by atoms with E-state index in [2.05, 4.69) is 30.3 Å². The van der Waals surface area contributed by atoms with E-state index in [4.69, 9.17) is 0 Å². The van der Waals surface area contributed by atoms with E-state index in [1.807, 2.05) is 36.4 Å². The predicted molar refractivity (Wildman–Crippen MR) is 157 cm³/mol. The molecule has 0 N–H and O–H groups in total. The molecular formula is C37H19F2N3. The maximum atomic E-state index is 13.6. The fraction of sp³-hybridized carbons (Fsp3) is 0.0541. The zero-order valence-electron chi connectivity index (χ0n) is 22.1. The van der Waals surface area contributed by atoms with Gasteiger partial charge in [0.2, 0.25) is 0 Å². The van der Waals surface area contributed by atoms with Gasteiger partial charge in [0.05, 0.1) is 6.07 Å². The summed E-state index contributed by atoms with van der Waals surface area (Å²) < 4.78 is 27.1. The number of fused-ring (bicyclic) bond motifs is 6. The molecule has 0 aromatic heterocycles. The highest BCUT2D eigenvalue weighted by atomic mass is 19.1. The fourth-order valence-electron chi connectivity index (χ4n) is 6.32. The first kappa shape index (κ1) is 25.2. The van der Waals surface area contributed by atoms with Gasteiger partial charge in [-0.05, 0) is 115 Å². The molecule has 1 atom stereocenters. The smallest absolute Gasteiger partial charge is 0.138 e. The van der Waals surface area contributed by atoms with E-state index in [-0.39, 0.29) is 29.5 Å². The van der Waals surface area contributed by atoms with E-state index < -0.39 is 0 Å². The summed E-state index contributed by atoms with van der Waals surface area (Å²) in [5.41, 5.74) is 11.5. The van der Waals surface area contributed by atoms with Crippen LogP contribution in [0.1, 0.15) is 34.6 Å². The quantitative estimate of drug-likeness (QED) is 0.209. The van der Waals surface area contributed by atoms with Gasteiger partial charge in [-0.25, -0.2) is 8.78 Å². The third kappa shape index (κ3) is 3.82. The molecule has 0 fully saturated rings. The van der Waals surface area contributed by atoms with Crippen LogP contribution in [0.25, 0.3) is 50.1 Å². The van der Waals surface area contributed by atoms with Gasteiger partial charge in [-0.3, -0.25) is 0 Å². The van der Waals surface area contributed by atoms with Crippen LogP contribution in [0.3, 0.4) is 0 Å². The molecule has 196 valence electrons. The van der Waals surface area contributed by atoms with Crippen molar-refractivity contribution in [3.8, 4) is 62.7 Å². The topological polar surface area (TPSA) is 71.4 Å². The fourth-order valence-corrected chi connectivity index (χ4v) is 6.32. The van der Waals surface area contributed by atoms with Crippen LogP contribution in [0.5, 0.6) is 0 Å². The van der Waals surface area contributed by atoms with Crippen LogP contribution in [-0.2, 0) is 0 Å². The molecule has 0 radical (unpaired) electrons. The molecule has 0 spiro atoms. The average Bonchev–Trinajstić information content (AvgIpc) is 3.49. The summed E-state index contributed by atoms with van der Waals surface area (Å²) in [5, 5.41) is 29.7. The van der Waals surface area contributed by atoms with Crippen molar-refractivity contribution in [1.82, 2.24) is 0 Å². The Bertz CT molecular complexity index is 2090. The summed E-state index contributed by atoms with van der Waals surface area (Å²) in [6.07, 6.45) is 0.284. The van der Waals surface area contributed by atoms with Crippen molar-refractivity contribution in [1.29, 1.82) is 15.8 Å². The summed E-state index contributed by atoms with van der Waals surface area (Å²) in [4.78, 5) is 0. The molecule has 0 saturated heterocycles. The molecule has 2 aliphatic rings. The van der Waals surface area contributed by atoms with Crippen LogP contribution in [0.15, 0.2) is 103 Å². The lowest BCUT2D eigenvalue weighted by atomic mass is 9.90. The molecular weight excluding hydrogens is 524 g/mol. The van der Waals surface area contributed by atoms with E-state index in [0.29, 0.717) is 5.57 Å². The SMILES string of the molecule is N#CCC1c2cc(-c3ccc(F)cc3)ccc2-c2cc3c(cc21)-c1ccc(-c2ccc(F)cc2)cc1C3=C(C#N)C#N. The molecule has 42 heavy (non-hydrogen) atoms. The molecule has 5 aromatic carbocycles. The Kier molecular flexibility index (Phi) is 5.79. The van der Waals surface area contributed by atoms with Crippen molar-refractivity contribution in [2.24, 2.45) is 0 Å². The van der Waals surface area contributed by atoms with E-state index in [9.17, 15) is 24.6 Å². The summed E-state index contributed by atoms with van der Waals surface area (Å²) in [6, 6.07) is 35.2. The van der Waals surface area contributed by atoms with Crippen LogP contribution < -0.4 is 0 Å². The van der Waals surface area contributed by atoms with E-state index in [0.717, 1.165) is 66.8 Å². The van der Waals surface area contributed by atoms with Gasteiger partial charge in [-0.1, -0.05) is 48.5 Å². The third-order valence-corrected chi connectivity index (χ3v) is 8.25.